The fraction of sp³-hybridized carbons (Fsp3) is 0.167. The Hall–Kier alpha value is -2.57. The molecule has 0 saturated carbocycles. The maximum Gasteiger partial charge on any atom is 0.331 e. The number of hydrogen-bond donors (Lipinski definition) is 1. The number of nitrogens with zero attached hydrogens (tertiary/aromatic N) is 1. The Kier molecular flexibility index (Phi) is 6.72. The van der Waals surface area contributed by atoms with Gasteiger partial charge in [0.05, 0.1) is 6.04 Å². The molecule has 3 aromatic rings. The van der Waals surface area contributed by atoms with Crippen molar-refractivity contribution >= 4 is 46.7 Å². The Labute approximate surface area is 200 Å². The number of hydrogen-bond acceptors (Lipinski definition) is 3. The first kappa shape index (κ1) is 22.6. The van der Waals surface area contributed by atoms with Crippen LogP contribution in [0.5, 0.6) is 0 Å². The number of ether oxygens (including phenoxy) is 1. The SMILES string of the molecule is O=C(O)C(c1ccc(Cl)cc1)N1C(=O)CO[C@@H](c2ccc(Cl)cc2)[C@H]1c1ccc(Cl)cc1. The molecule has 1 saturated heterocycles. The number of carboxylic acid groups (broad SMARTS) is 1. The fourth-order valence-corrected chi connectivity index (χ4v) is 4.30. The smallest absolute Gasteiger partial charge is 0.331 e. The Bertz CT molecular complexity index is 1120. The highest BCUT2D eigenvalue weighted by Crippen LogP contribution is 2.44. The van der Waals surface area contributed by atoms with Crippen molar-refractivity contribution in [2.75, 3.05) is 6.61 Å². The molecule has 4 rings (SSSR count). The van der Waals surface area contributed by atoms with Crippen LogP contribution in [0.25, 0.3) is 0 Å². The van der Waals surface area contributed by atoms with Crippen molar-refractivity contribution in [1.82, 2.24) is 4.90 Å². The van der Waals surface area contributed by atoms with Gasteiger partial charge in [0, 0.05) is 15.1 Å². The molecule has 0 aromatic heterocycles. The summed E-state index contributed by atoms with van der Waals surface area (Å²) < 4.78 is 5.95. The van der Waals surface area contributed by atoms with E-state index in [1.165, 1.54) is 4.90 Å². The summed E-state index contributed by atoms with van der Waals surface area (Å²) in [5.74, 6) is -1.59. The minimum Gasteiger partial charge on any atom is -0.479 e. The van der Waals surface area contributed by atoms with Gasteiger partial charge < -0.3 is 14.7 Å². The van der Waals surface area contributed by atoms with E-state index in [1.807, 2.05) is 12.1 Å². The summed E-state index contributed by atoms with van der Waals surface area (Å²) in [4.78, 5) is 26.9. The van der Waals surface area contributed by atoms with Crippen LogP contribution in [0.2, 0.25) is 15.1 Å². The zero-order chi connectivity index (χ0) is 22.8. The zero-order valence-corrected chi connectivity index (χ0v) is 18.9. The first-order chi connectivity index (χ1) is 15.3. The molecule has 32 heavy (non-hydrogen) atoms. The van der Waals surface area contributed by atoms with E-state index in [2.05, 4.69) is 0 Å². The first-order valence-electron chi connectivity index (χ1n) is 9.77. The predicted molar refractivity (Wildman–Crippen MR) is 123 cm³/mol. The lowest BCUT2D eigenvalue weighted by Crippen LogP contribution is -2.49. The van der Waals surface area contributed by atoms with Gasteiger partial charge in [-0.3, -0.25) is 4.79 Å². The average molecular weight is 491 g/mol. The molecule has 1 N–H and O–H groups in total. The molecule has 1 heterocycles. The zero-order valence-electron chi connectivity index (χ0n) is 16.6. The Morgan fingerprint density at radius 3 is 1.81 bits per heavy atom. The van der Waals surface area contributed by atoms with Gasteiger partial charge in [-0.05, 0) is 53.1 Å². The minimum atomic E-state index is -1.24. The molecule has 0 bridgehead atoms. The van der Waals surface area contributed by atoms with E-state index in [0.29, 0.717) is 26.2 Å². The highest BCUT2D eigenvalue weighted by atomic mass is 35.5. The molecule has 3 atom stereocenters. The second kappa shape index (κ2) is 9.51. The van der Waals surface area contributed by atoms with Gasteiger partial charge in [-0.15, -0.1) is 0 Å². The molecule has 0 aliphatic carbocycles. The number of aliphatic carboxylic acids is 1. The van der Waals surface area contributed by atoms with E-state index in [9.17, 15) is 14.7 Å². The number of rotatable bonds is 5. The summed E-state index contributed by atoms with van der Waals surface area (Å²) in [5.41, 5.74) is 1.90. The lowest BCUT2D eigenvalue weighted by atomic mass is 9.90. The van der Waals surface area contributed by atoms with Crippen LogP contribution < -0.4 is 0 Å². The molecule has 0 spiro atoms. The Morgan fingerprint density at radius 2 is 1.31 bits per heavy atom. The second-order valence-electron chi connectivity index (χ2n) is 7.37. The third-order valence-corrected chi connectivity index (χ3v) is 6.12. The summed E-state index contributed by atoms with van der Waals surface area (Å²) in [5, 5.41) is 11.7. The minimum absolute atomic E-state index is 0.255. The van der Waals surface area contributed by atoms with E-state index in [1.54, 1.807) is 60.7 Å². The molecule has 1 aliphatic heterocycles. The summed E-state index contributed by atoms with van der Waals surface area (Å²) in [6.45, 7) is -0.255. The summed E-state index contributed by atoms with van der Waals surface area (Å²) in [6, 6.07) is 18.5. The third kappa shape index (κ3) is 4.62. The number of amides is 1. The van der Waals surface area contributed by atoms with Crippen LogP contribution in [-0.4, -0.2) is 28.5 Å². The van der Waals surface area contributed by atoms with Gasteiger partial charge in [0.15, 0.2) is 6.04 Å². The van der Waals surface area contributed by atoms with E-state index < -0.39 is 30.1 Å². The maximum absolute atomic E-state index is 13.1. The molecule has 1 fully saturated rings. The van der Waals surface area contributed by atoms with Gasteiger partial charge in [0.2, 0.25) is 5.91 Å². The van der Waals surface area contributed by atoms with Crippen LogP contribution in [-0.2, 0) is 14.3 Å². The lowest BCUT2D eigenvalue weighted by Gasteiger charge is -2.44. The molecular formula is C24H18Cl3NO4. The largest absolute Gasteiger partial charge is 0.479 e. The van der Waals surface area contributed by atoms with Crippen LogP contribution in [0.1, 0.15) is 34.9 Å². The maximum atomic E-state index is 13.1. The van der Waals surface area contributed by atoms with Gasteiger partial charge >= 0.3 is 5.97 Å². The third-order valence-electron chi connectivity index (χ3n) is 5.37. The van der Waals surface area contributed by atoms with Gasteiger partial charge in [-0.2, -0.15) is 0 Å². The number of carbonyl (C=O) groups is 2. The van der Waals surface area contributed by atoms with Crippen molar-refractivity contribution in [1.29, 1.82) is 0 Å². The molecule has 5 nitrogen and oxygen atoms in total. The van der Waals surface area contributed by atoms with Crippen molar-refractivity contribution in [2.24, 2.45) is 0 Å². The normalized spacial score (nSPS) is 19.6. The molecular weight excluding hydrogens is 473 g/mol. The van der Waals surface area contributed by atoms with Crippen molar-refractivity contribution < 1.29 is 19.4 Å². The van der Waals surface area contributed by atoms with E-state index in [0.717, 1.165) is 5.56 Å². The fourth-order valence-electron chi connectivity index (χ4n) is 3.93. The van der Waals surface area contributed by atoms with Crippen molar-refractivity contribution in [3.05, 3.63) is 105 Å². The number of carboxylic acids is 1. The van der Waals surface area contributed by atoms with Crippen molar-refractivity contribution in [3.63, 3.8) is 0 Å². The molecule has 3 aromatic carbocycles. The molecule has 8 heteroatoms. The van der Waals surface area contributed by atoms with Crippen molar-refractivity contribution in [3.8, 4) is 0 Å². The van der Waals surface area contributed by atoms with Crippen LogP contribution in [0.4, 0.5) is 0 Å². The van der Waals surface area contributed by atoms with Gasteiger partial charge in [0.25, 0.3) is 0 Å². The number of benzene rings is 3. The monoisotopic (exact) mass is 489 g/mol. The van der Waals surface area contributed by atoms with Gasteiger partial charge in [-0.1, -0.05) is 71.2 Å². The first-order valence-corrected chi connectivity index (χ1v) is 10.9. The number of carbonyl (C=O) groups excluding carboxylic acids is 1. The van der Waals surface area contributed by atoms with Crippen LogP contribution >= 0.6 is 34.8 Å². The van der Waals surface area contributed by atoms with Crippen molar-refractivity contribution in [2.45, 2.75) is 18.2 Å². The molecule has 164 valence electrons. The Balaban J connectivity index is 1.86. The van der Waals surface area contributed by atoms with Crippen LogP contribution in [0.3, 0.4) is 0 Å². The predicted octanol–water partition coefficient (Wildman–Crippen LogP) is 6.11. The molecule has 1 unspecified atom stereocenters. The van der Waals surface area contributed by atoms with E-state index in [4.69, 9.17) is 39.5 Å². The molecule has 1 aliphatic rings. The van der Waals surface area contributed by atoms with E-state index >= 15 is 0 Å². The van der Waals surface area contributed by atoms with Crippen LogP contribution in [0, 0.1) is 0 Å². The number of morpholine rings is 1. The van der Waals surface area contributed by atoms with Crippen LogP contribution in [0.15, 0.2) is 72.8 Å². The lowest BCUT2D eigenvalue weighted by molar-refractivity contribution is -0.171. The molecule has 0 radical (unpaired) electrons. The van der Waals surface area contributed by atoms with Gasteiger partial charge in [-0.25, -0.2) is 4.79 Å². The topological polar surface area (TPSA) is 66.8 Å². The summed E-state index contributed by atoms with van der Waals surface area (Å²) in [6.07, 6.45) is -0.611. The Morgan fingerprint density at radius 1 is 0.844 bits per heavy atom. The average Bonchev–Trinajstić information content (AvgIpc) is 2.77. The second-order valence-corrected chi connectivity index (χ2v) is 8.68. The van der Waals surface area contributed by atoms with E-state index in [-0.39, 0.29) is 6.61 Å². The quantitative estimate of drug-likeness (QED) is 0.468. The molecule has 1 amide bonds. The highest BCUT2D eigenvalue weighted by Gasteiger charge is 2.45. The number of halogens is 3. The standard InChI is InChI=1S/C24H18Cl3NO4/c25-17-7-1-14(2-8-17)21-23(16-5-11-19(27)12-6-16)32-13-20(29)28(21)22(24(30)31)15-3-9-18(26)10-4-15/h1-12,21-23H,13H2,(H,30,31)/t21-,22?,23+/m1/s1. The summed E-state index contributed by atoms with van der Waals surface area (Å²) in [7, 11) is 0. The van der Waals surface area contributed by atoms with Gasteiger partial charge in [0.1, 0.15) is 12.7 Å². The highest BCUT2D eigenvalue weighted by molar-refractivity contribution is 6.31. The summed E-state index contributed by atoms with van der Waals surface area (Å²) >= 11 is 18.1.